The van der Waals surface area contributed by atoms with Gasteiger partial charge in [-0.1, -0.05) is 46.3 Å². The van der Waals surface area contributed by atoms with Crippen molar-refractivity contribution in [3.8, 4) is 0 Å². The standard InChI is InChI=1S/C15H13BrO2S/c16-14-4-2-1-3-12(14)10-19-13-7-5-11(6-8-13)9-15(17)18/h1-8H,9-10H2,(H,17,18). The van der Waals surface area contributed by atoms with E-state index in [9.17, 15) is 4.79 Å². The molecule has 0 atom stereocenters. The topological polar surface area (TPSA) is 37.3 Å². The van der Waals surface area contributed by atoms with Crippen LogP contribution in [0.1, 0.15) is 11.1 Å². The van der Waals surface area contributed by atoms with Gasteiger partial charge in [0.1, 0.15) is 0 Å². The number of carboxylic acid groups (broad SMARTS) is 1. The Hall–Kier alpha value is -1.26. The quantitative estimate of drug-likeness (QED) is 0.824. The van der Waals surface area contributed by atoms with Crippen LogP contribution in [0.25, 0.3) is 0 Å². The number of carbonyl (C=O) groups is 1. The van der Waals surface area contributed by atoms with Gasteiger partial charge < -0.3 is 5.11 Å². The van der Waals surface area contributed by atoms with Gasteiger partial charge in [0.15, 0.2) is 0 Å². The number of hydrogen-bond donors (Lipinski definition) is 1. The molecular formula is C15H13BrO2S. The first-order valence-corrected chi connectivity index (χ1v) is 7.60. The normalized spacial score (nSPS) is 10.4. The van der Waals surface area contributed by atoms with Gasteiger partial charge in [-0.2, -0.15) is 0 Å². The Bertz CT molecular complexity index is 567. The smallest absolute Gasteiger partial charge is 0.307 e. The van der Waals surface area contributed by atoms with Crippen LogP contribution < -0.4 is 0 Å². The minimum Gasteiger partial charge on any atom is -0.481 e. The number of aliphatic carboxylic acids is 1. The average molecular weight is 337 g/mol. The fraction of sp³-hybridized carbons (Fsp3) is 0.133. The Balaban J connectivity index is 1.97. The molecule has 0 aliphatic heterocycles. The van der Waals surface area contributed by atoms with Crippen molar-refractivity contribution in [2.75, 3.05) is 0 Å². The van der Waals surface area contributed by atoms with E-state index in [0.717, 1.165) is 20.7 Å². The first-order valence-electron chi connectivity index (χ1n) is 5.82. The Morgan fingerprint density at radius 1 is 1.11 bits per heavy atom. The Kier molecular flexibility index (Phi) is 5.05. The molecule has 0 aromatic heterocycles. The van der Waals surface area contributed by atoms with Crippen LogP contribution in [0.5, 0.6) is 0 Å². The summed E-state index contributed by atoms with van der Waals surface area (Å²) >= 11 is 5.27. The van der Waals surface area contributed by atoms with E-state index in [0.29, 0.717) is 0 Å². The molecule has 1 N–H and O–H groups in total. The van der Waals surface area contributed by atoms with Crippen molar-refractivity contribution in [2.24, 2.45) is 0 Å². The third kappa shape index (κ3) is 4.40. The van der Waals surface area contributed by atoms with Gasteiger partial charge in [0.25, 0.3) is 0 Å². The summed E-state index contributed by atoms with van der Waals surface area (Å²) in [7, 11) is 0. The molecule has 0 saturated heterocycles. The highest BCUT2D eigenvalue weighted by Crippen LogP contribution is 2.26. The number of hydrogen-bond acceptors (Lipinski definition) is 2. The number of rotatable bonds is 5. The summed E-state index contributed by atoms with van der Waals surface area (Å²) in [6.07, 6.45) is 0.0786. The molecule has 0 bridgehead atoms. The maximum Gasteiger partial charge on any atom is 0.307 e. The van der Waals surface area contributed by atoms with Gasteiger partial charge in [-0.05, 0) is 29.3 Å². The summed E-state index contributed by atoms with van der Waals surface area (Å²) in [4.78, 5) is 11.7. The highest BCUT2D eigenvalue weighted by molar-refractivity contribution is 9.10. The summed E-state index contributed by atoms with van der Waals surface area (Å²) in [5, 5.41) is 8.71. The van der Waals surface area contributed by atoms with Gasteiger partial charge >= 0.3 is 5.97 Å². The van der Waals surface area contributed by atoms with Crippen LogP contribution in [0.2, 0.25) is 0 Å². The van der Waals surface area contributed by atoms with Crippen LogP contribution in [0.3, 0.4) is 0 Å². The molecule has 0 radical (unpaired) electrons. The van der Waals surface area contributed by atoms with Gasteiger partial charge in [-0.25, -0.2) is 0 Å². The van der Waals surface area contributed by atoms with Crippen LogP contribution in [-0.2, 0) is 17.0 Å². The first kappa shape index (κ1) is 14.2. The van der Waals surface area contributed by atoms with Gasteiger partial charge in [0.2, 0.25) is 0 Å². The summed E-state index contributed by atoms with van der Waals surface area (Å²) in [5.41, 5.74) is 2.08. The molecule has 0 amide bonds. The van der Waals surface area contributed by atoms with Crippen LogP contribution in [0.4, 0.5) is 0 Å². The molecule has 0 fully saturated rings. The van der Waals surface area contributed by atoms with Crippen molar-refractivity contribution in [2.45, 2.75) is 17.1 Å². The fourth-order valence-corrected chi connectivity index (χ4v) is 3.17. The Labute approximate surface area is 125 Å². The van der Waals surface area contributed by atoms with E-state index >= 15 is 0 Å². The average Bonchev–Trinajstić information content (AvgIpc) is 2.39. The number of halogens is 1. The number of thioether (sulfide) groups is 1. The maximum atomic E-state index is 10.6. The van der Waals surface area contributed by atoms with Crippen LogP contribution in [0.15, 0.2) is 57.9 Å². The summed E-state index contributed by atoms with van der Waals surface area (Å²) in [6.45, 7) is 0. The monoisotopic (exact) mass is 336 g/mol. The predicted octanol–water partition coefficient (Wildman–Crippen LogP) is 4.37. The summed E-state index contributed by atoms with van der Waals surface area (Å²) < 4.78 is 1.12. The van der Waals surface area contributed by atoms with Crippen molar-refractivity contribution in [3.05, 3.63) is 64.1 Å². The second-order valence-electron chi connectivity index (χ2n) is 4.09. The molecule has 2 aromatic carbocycles. The van der Waals surface area contributed by atoms with E-state index in [4.69, 9.17) is 5.11 Å². The third-order valence-corrected chi connectivity index (χ3v) is 4.47. The van der Waals surface area contributed by atoms with Crippen molar-refractivity contribution >= 4 is 33.7 Å². The van der Waals surface area contributed by atoms with E-state index in [1.165, 1.54) is 5.56 Å². The molecule has 0 saturated carbocycles. The molecule has 0 unspecified atom stereocenters. The summed E-state index contributed by atoms with van der Waals surface area (Å²) in [6, 6.07) is 15.8. The van der Waals surface area contributed by atoms with Gasteiger partial charge in [-0.3, -0.25) is 4.79 Å². The SMILES string of the molecule is O=C(O)Cc1ccc(SCc2ccccc2Br)cc1. The molecule has 0 heterocycles. The van der Waals surface area contributed by atoms with E-state index in [1.807, 2.05) is 42.5 Å². The van der Waals surface area contributed by atoms with Gasteiger partial charge in [0, 0.05) is 15.1 Å². The zero-order valence-corrected chi connectivity index (χ0v) is 12.6. The molecule has 2 rings (SSSR count). The highest BCUT2D eigenvalue weighted by Gasteiger charge is 2.02. The molecule has 0 aliphatic carbocycles. The molecule has 2 aromatic rings. The Morgan fingerprint density at radius 3 is 2.42 bits per heavy atom. The molecule has 19 heavy (non-hydrogen) atoms. The lowest BCUT2D eigenvalue weighted by Gasteiger charge is -2.05. The van der Waals surface area contributed by atoms with Crippen LogP contribution in [-0.4, -0.2) is 11.1 Å². The lowest BCUT2D eigenvalue weighted by atomic mass is 10.2. The molecular weight excluding hydrogens is 324 g/mol. The van der Waals surface area contributed by atoms with E-state index in [1.54, 1.807) is 11.8 Å². The van der Waals surface area contributed by atoms with Gasteiger partial charge in [0.05, 0.1) is 6.42 Å². The van der Waals surface area contributed by atoms with Crippen molar-refractivity contribution in [3.63, 3.8) is 0 Å². The molecule has 2 nitrogen and oxygen atoms in total. The minimum atomic E-state index is -0.798. The van der Waals surface area contributed by atoms with Gasteiger partial charge in [-0.15, -0.1) is 11.8 Å². The Morgan fingerprint density at radius 2 is 1.79 bits per heavy atom. The lowest BCUT2D eigenvalue weighted by Crippen LogP contribution is -1.99. The maximum absolute atomic E-state index is 10.6. The van der Waals surface area contributed by atoms with Crippen molar-refractivity contribution in [1.29, 1.82) is 0 Å². The second kappa shape index (κ2) is 6.78. The van der Waals surface area contributed by atoms with E-state index < -0.39 is 5.97 Å². The molecule has 4 heteroatoms. The molecule has 0 spiro atoms. The van der Waals surface area contributed by atoms with E-state index in [2.05, 4.69) is 22.0 Å². The molecule has 0 aliphatic rings. The van der Waals surface area contributed by atoms with Crippen molar-refractivity contribution in [1.82, 2.24) is 0 Å². The van der Waals surface area contributed by atoms with Crippen molar-refractivity contribution < 1.29 is 9.90 Å². The largest absolute Gasteiger partial charge is 0.481 e. The first-order chi connectivity index (χ1) is 9.15. The number of carboxylic acids is 1. The van der Waals surface area contributed by atoms with Crippen LogP contribution >= 0.6 is 27.7 Å². The van der Waals surface area contributed by atoms with Crippen LogP contribution in [0, 0.1) is 0 Å². The lowest BCUT2D eigenvalue weighted by molar-refractivity contribution is -0.136. The third-order valence-electron chi connectivity index (χ3n) is 2.63. The zero-order chi connectivity index (χ0) is 13.7. The fourth-order valence-electron chi connectivity index (χ4n) is 1.65. The predicted molar refractivity (Wildman–Crippen MR) is 81.5 cm³/mol. The minimum absolute atomic E-state index is 0.0786. The van der Waals surface area contributed by atoms with E-state index in [-0.39, 0.29) is 6.42 Å². The number of benzene rings is 2. The molecule has 98 valence electrons. The zero-order valence-electron chi connectivity index (χ0n) is 10.2. The second-order valence-corrected chi connectivity index (χ2v) is 6.00. The highest BCUT2D eigenvalue weighted by atomic mass is 79.9. The summed E-state index contributed by atoms with van der Waals surface area (Å²) in [5.74, 6) is 0.0910.